The van der Waals surface area contributed by atoms with E-state index >= 15 is 0 Å². The lowest BCUT2D eigenvalue weighted by Crippen LogP contribution is -2.37. The number of carbonyl (C=O) groups excluding carboxylic acids is 2. The van der Waals surface area contributed by atoms with Gasteiger partial charge in [-0.1, -0.05) is 172 Å². The maximum absolute atomic E-state index is 12.6. The van der Waals surface area contributed by atoms with Crippen molar-refractivity contribution in [2.24, 2.45) is 0 Å². The van der Waals surface area contributed by atoms with E-state index in [4.69, 9.17) is 18.5 Å². The fraction of sp³-hybridized carbons (Fsp3) is 0.796. The van der Waals surface area contributed by atoms with Crippen LogP contribution in [0.5, 0.6) is 0 Å². The van der Waals surface area contributed by atoms with Crippen LogP contribution in [0, 0.1) is 0 Å². The number of phosphoric ester groups is 1. The smallest absolute Gasteiger partial charge is 0.462 e. The van der Waals surface area contributed by atoms with Crippen LogP contribution in [0.2, 0.25) is 0 Å². The zero-order chi connectivity index (χ0) is 43.6. The Kier molecular flexibility index (Phi) is 39.9. The van der Waals surface area contributed by atoms with Crippen LogP contribution in [-0.4, -0.2) is 74.9 Å². The number of phosphoric acid groups is 1. The minimum atomic E-state index is -4.39. The summed E-state index contributed by atoms with van der Waals surface area (Å²) in [5.74, 6) is -0.885. The van der Waals surface area contributed by atoms with Gasteiger partial charge >= 0.3 is 19.8 Å². The number of rotatable bonds is 43. The highest BCUT2D eigenvalue weighted by Gasteiger charge is 2.27. The predicted molar refractivity (Wildman–Crippen MR) is 247 cm³/mol. The van der Waals surface area contributed by atoms with Crippen molar-refractivity contribution in [1.82, 2.24) is 0 Å². The van der Waals surface area contributed by atoms with Crippen molar-refractivity contribution in [3.8, 4) is 0 Å². The van der Waals surface area contributed by atoms with Gasteiger partial charge in [-0.15, -0.1) is 0 Å². The molecule has 344 valence electrons. The van der Waals surface area contributed by atoms with E-state index in [0.29, 0.717) is 17.4 Å². The quantitative estimate of drug-likeness (QED) is 0.0212. The van der Waals surface area contributed by atoms with Crippen LogP contribution in [0.1, 0.15) is 200 Å². The molecule has 0 rings (SSSR count). The topological polar surface area (TPSA) is 108 Å². The van der Waals surface area contributed by atoms with Gasteiger partial charge in [0.15, 0.2) is 6.10 Å². The first-order valence-electron chi connectivity index (χ1n) is 23.9. The van der Waals surface area contributed by atoms with Crippen molar-refractivity contribution in [3.05, 3.63) is 48.6 Å². The van der Waals surface area contributed by atoms with Crippen molar-refractivity contribution in [1.29, 1.82) is 0 Å². The highest BCUT2D eigenvalue weighted by atomic mass is 31.2. The summed E-state index contributed by atoms with van der Waals surface area (Å²) in [6, 6.07) is 0. The molecular formula is C49H91NO8P+. The van der Waals surface area contributed by atoms with E-state index in [9.17, 15) is 19.0 Å². The van der Waals surface area contributed by atoms with E-state index in [1.165, 1.54) is 116 Å². The number of carbonyl (C=O) groups is 2. The van der Waals surface area contributed by atoms with Crippen LogP contribution in [0.15, 0.2) is 48.6 Å². The fourth-order valence-electron chi connectivity index (χ4n) is 6.33. The molecule has 2 unspecified atom stereocenters. The fourth-order valence-corrected chi connectivity index (χ4v) is 7.07. The molecule has 9 nitrogen and oxygen atoms in total. The molecule has 0 fully saturated rings. The molecule has 0 spiro atoms. The van der Waals surface area contributed by atoms with E-state index in [1.54, 1.807) is 0 Å². The second kappa shape index (κ2) is 41.3. The van der Waals surface area contributed by atoms with Gasteiger partial charge in [-0.3, -0.25) is 18.6 Å². The van der Waals surface area contributed by atoms with E-state index in [-0.39, 0.29) is 32.0 Å². The molecule has 0 amide bonds. The Labute approximate surface area is 363 Å². The molecule has 0 aromatic rings. The van der Waals surface area contributed by atoms with Gasteiger partial charge in [-0.05, 0) is 64.2 Å². The van der Waals surface area contributed by atoms with Gasteiger partial charge in [0, 0.05) is 12.8 Å². The van der Waals surface area contributed by atoms with Gasteiger partial charge in [-0.25, -0.2) is 4.57 Å². The lowest BCUT2D eigenvalue weighted by molar-refractivity contribution is -0.870. The molecule has 59 heavy (non-hydrogen) atoms. The van der Waals surface area contributed by atoms with Crippen molar-refractivity contribution >= 4 is 19.8 Å². The summed E-state index contributed by atoms with van der Waals surface area (Å²) in [5.41, 5.74) is 0. The number of quaternary nitrogens is 1. The molecule has 10 heteroatoms. The number of nitrogens with zero attached hydrogens (tertiary/aromatic N) is 1. The molecular weight excluding hydrogens is 762 g/mol. The molecule has 0 saturated heterocycles. The number of likely N-dealkylation sites (N-methyl/N-ethyl adjacent to an activating group) is 1. The van der Waals surface area contributed by atoms with Crippen LogP contribution < -0.4 is 0 Å². The second-order valence-electron chi connectivity index (χ2n) is 17.1. The third-order valence-corrected chi connectivity index (χ3v) is 11.1. The molecule has 0 saturated carbocycles. The third kappa shape index (κ3) is 45.3. The standard InChI is InChI=1S/C49H90NO8P/c1-6-8-10-12-14-16-18-20-21-22-23-24-25-26-27-28-30-31-33-35-37-39-41-48(51)55-45-47(46-57-59(53,54)56-44-43-50(3,4)5)58-49(52)42-40-38-36-34-32-29-19-17-15-13-11-9-7-2/h22-23,25-26,29,32,36,38,47H,6-21,24,27-28,30-31,33-35,37,39-46H2,1-5H3/p+1/b23-22+,26-25+,32-29+,38-36+. The number of esters is 2. The summed E-state index contributed by atoms with van der Waals surface area (Å²) in [6.45, 7) is 4.34. The molecule has 0 radical (unpaired) electrons. The lowest BCUT2D eigenvalue weighted by atomic mass is 10.1. The van der Waals surface area contributed by atoms with Crippen LogP contribution in [0.3, 0.4) is 0 Å². The Hall–Kier alpha value is -2.03. The maximum atomic E-state index is 12.6. The number of unbranched alkanes of at least 4 members (excludes halogenated alkanes) is 21. The first-order chi connectivity index (χ1) is 28.5. The summed E-state index contributed by atoms with van der Waals surface area (Å²) in [7, 11) is 1.44. The molecule has 0 aliphatic rings. The Balaban J connectivity index is 4.32. The number of ether oxygens (including phenoxy) is 2. The SMILES string of the molecule is CCCCCCCC/C=C/C/C=C/CCC(=O)OC(COC(=O)CCCCCCCCC/C=C/C/C=C/CCCCCCCCCC)COP(=O)(O)OCC[N+](C)(C)C. The summed E-state index contributed by atoms with van der Waals surface area (Å²) >= 11 is 0. The largest absolute Gasteiger partial charge is 0.472 e. The molecule has 2 atom stereocenters. The summed E-state index contributed by atoms with van der Waals surface area (Å²) in [6.07, 6.45) is 49.0. The number of hydrogen-bond donors (Lipinski definition) is 1. The lowest BCUT2D eigenvalue weighted by Gasteiger charge is -2.24. The molecule has 0 aromatic heterocycles. The number of hydrogen-bond acceptors (Lipinski definition) is 7. The van der Waals surface area contributed by atoms with Gasteiger partial charge in [0.05, 0.1) is 27.7 Å². The number of allylic oxidation sites excluding steroid dienone is 8. The van der Waals surface area contributed by atoms with Gasteiger partial charge < -0.3 is 18.9 Å². The van der Waals surface area contributed by atoms with E-state index in [0.717, 1.165) is 51.4 Å². The van der Waals surface area contributed by atoms with Gasteiger partial charge in [0.25, 0.3) is 0 Å². The van der Waals surface area contributed by atoms with Gasteiger partial charge in [0.2, 0.25) is 0 Å². The maximum Gasteiger partial charge on any atom is 0.472 e. The van der Waals surface area contributed by atoms with Gasteiger partial charge in [0.1, 0.15) is 19.8 Å². The van der Waals surface area contributed by atoms with Crippen LogP contribution in [0.4, 0.5) is 0 Å². The zero-order valence-electron chi connectivity index (χ0n) is 38.7. The Morgan fingerprint density at radius 1 is 0.525 bits per heavy atom. The minimum absolute atomic E-state index is 0.0200. The molecule has 0 heterocycles. The molecule has 0 aliphatic carbocycles. The first kappa shape index (κ1) is 57.0. The van der Waals surface area contributed by atoms with E-state index in [1.807, 2.05) is 33.3 Å². The Bertz CT molecular complexity index is 1150. The van der Waals surface area contributed by atoms with Crippen molar-refractivity contribution < 1.29 is 42.1 Å². The van der Waals surface area contributed by atoms with E-state index in [2.05, 4.69) is 50.3 Å². The molecule has 1 N–H and O–H groups in total. The molecule has 0 aliphatic heterocycles. The van der Waals surface area contributed by atoms with E-state index < -0.39 is 26.5 Å². The normalized spacial score (nSPS) is 13.9. The van der Waals surface area contributed by atoms with Crippen LogP contribution in [-0.2, 0) is 32.7 Å². The Morgan fingerprint density at radius 3 is 1.41 bits per heavy atom. The summed E-state index contributed by atoms with van der Waals surface area (Å²) < 4.78 is 34.2. The average molecular weight is 853 g/mol. The van der Waals surface area contributed by atoms with Crippen LogP contribution in [0.25, 0.3) is 0 Å². The molecule has 0 aromatic carbocycles. The zero-order valence-corrected chi connectivity index (χ0v) is 39.6. The van der Waals surface area contributed by atoms with Crippen molar-refractivity contribution in [2.45, 2.75) is 206 Å². The Morgan fingerprint density at radius 2 is 0.949 bits per heavy atom. The van der Waals surface area contributed by atoms with Gasteiger partial charge in [-0.2, -0.15) is 0 Å². The van der Waals surface area contributed by atoms with Crippen molar-refractivity contribution in [3.63, 3.8) is 0 Å². The summed E-state index contributed by atoms with van der Waals surface area (Å²) in [4.78, 5) is 35.4. The average Bonchev–Trinajstić information content (AvgIpc) is 3.19. The highest BCUT2D eigenvalue weighted by molar-refractivity contribution is 7.47. The second-order valence-corrected chi connectivity index (χ2v) is 18.6. The molecule has 0 bridgehead atoms. The van der Waals surface area contributed by atoms with Crippen molar-refractivity contribution in [2.75, 3.05) is 47.5 Å². The third-order valence-electron chi connectivity index (χ3n) is 10.1. The summed E-state index contributed by atoms with van der Waals surface area (Å²) in [5, 5.41) is 0. The highest BCUT2D eigenvalue weighted by Crippen LogP contribution is 2.43. The minimum Gasteiger partial charge on any atom is -0.462 e. The van der Waals surface area contributed by atoms with Crippen LogP contribution >= 0.6 is 7.82 Å². The monoisotopic (exact) mass is 853 g/mol. The predicted octanol–water partition coefficient (Wildman–Crippen LogP) is 13.9. The first-order valence-corrected chi connectivity index (χ1v) is 25.4.